The third kappa shape index (κ3) is 3.75. The highest BCUT2D eigenvalue weighted by Crippen LogP contribution is 2.10. The molecular formula is C8H11ClN2O3S. The van der Waals surface area contributed by atoms with E-state index in [0.717, 1.165) is 0 Å². The van der Waals surface area contributed by atoms with E-state index in [4.69, 9.17) is 16.7 Å². The van der Waals surface area contributed by atoms with Gasteiger partial charge in [0.15, 0.2) is 0 Å². The van der Waals surface area contributed by atoms with Crippen LogP contribution in [0.4, 0.5) is 0 Å². The highest BCUT2D eigenvalue weighted by Gasteiger charge is 2.12. The molecule has 0 aromatic carbocycles. The molecule has 0 spiro atoms. The summed E-state index contributed by atoms with van der Waals surface area (Å²) < 4.78 is 25.4. The highest BCUT2D eigenvalue weighted by atomic mass is 35.5. The predicted octanol–water partition coefficient (Wildman–Crippen LogP) is 0.396. The number of aromatic nitrogens is 1. The Hall–Kier alpha value is -0.690. The van der Waals surface area contributed by atoms with Crippen LogP contribution < -0.4 is 4.72 Å². The van der Waals surface area contributed by atoms with Crippen molar-refractivity contribution in [1.82, 2.24) is 9.71 Å². The van der Waals surface area contributed by atoms with Crippen LogP contribution in [0, 0.1) is 0 Å². The number of nitrogens with zero attached hydrogens (tertiary/aromatic N) is 1. The number of rotatable bonds is 5. The maximum atomic E-state index is 11.5. The second kappa shape index (κ2) is 5.41. The average Bonchev–Trinajstić information content (AvgIpc) is 2.18. The van der Waals surface area contributed by atoms with Crippen LogP contribution in [0.5, 0.6) is 0 Å². The first-order chi connectivity index (χ1) is 7.06. The van der Waals surface area contributed by atoms with Gasteiger partial charge in [-0.3, -0.25) is 0 Å². The summed E-state index contributed by atoms with van der Waals surface area (Å²) in [5.41, 5.74) is 0. The van der Waals surface area contributed by atoms with E-state index in [-0.39, 0.29) is 23.2 Å². The van der Waals surface area contributed by atoms with Crippen LogP contribution in [0.1, 0.15) is 6.42 Å². The van der Waals surface area contributed by atoms with E-state index in [1.807, 2.05) is 0 Å². The minimum atomic E-state index is -3.53. The Balaban J connectivity index is 2.73. The molecule has 7 heteroatoms. The SMILES string of the molecule is O=S(=O)(NCCCO)c1ccc(Cl)nc1. The van der Waals surface area contributed by atoms with Gasteiger partial charge in [0.05, 0.1) is 0 Å². The van der Waals surface area contributed by atoms with Crippen molar-refractivity contribution < 1.29 is 13.5 Å². The predicted molar refractivity (Wildman–Crippen MR) is 56.1 cm³/mol. The van der Waals surface area contributed by atoms with Crippen molar-refractivity contribution >= 4 is 21.6 Å². The number of hydrogen-bond donors (Lipinski definition) is 2. The normalized spacial score (nSPS) is 11.6. The molecule has 0 fully saturated rings. The number of aliphatic hydroxyl groups excluding tert-OH is 1. The lowest BCUT2D eigenvalue weighted by atomic mass is 10.5. The monoisotopic (exact) mass is 250 g/mol. The molecule has 2 N–H and O–H groups in total. The van der Waals surface area contributed by atoms with Gasteiger partial charge in [0.25, 0.3) is 0 Å². The molecule has 0 aliphatic heterocycles. The van der Waals surface area contributed by atoms with Gasteiger partial charge in [0.2, 0.25) is 10.0 Å². The van der Waals surface area contributed by atoms with Crippen LogP contribution in [-0.4, -0.2) is 31.7 Å². The number of halogens is 1. The van der Waals surface area contributed by atoms with E-state index < -0.39 is 10.0 Å². The first kappa shape index (κ1) is 12.4. The molecule has 1 aromatic rings. The van der Waals surface area contributed by atoms with Crippen molar-refractivity contribution in [1.29, 1.82) is 0 Å². The van der Waals surface area contributed by atoms with Crippen LogP contribution in [0.2, 0.25) is 5.15 Å². The second-order valence-corrected chi connectivity index (χ2v) is 4.95. The molecule has 0 aliphatic carbocycles. The zero-order valence-corrected chi connectivity index (χ0v) is 9.42. The average molecular weight is 251 g/mol. The van der Waals surface area contributed by atoms with Crippen molar-refractivity contribution in [2.24, 2.45) is 0 Å². The van der Waals surface area contributed by atoms with Crippen molar-refractivity contribution in [3.05, 3.63) is 23.5 Å². The molecule has 15 heavy (non-hydrogen) atoms. The molecule has 1 aromatic heterocycles. The summed E-state index contributed by atoms with van der Waals surface area (Å²) in [6.07, 6.45) is 1.56. The Bertz CT molecular complexity index is 404. The molecule has 0 aliphatic rings. The smallest absolute Gasteiger partial charge is 0.242 e. The van der Waals surface area contributed by atoms with Gasteiger partial charge in [-0.25, -0.2) is 18.1 Å². The second-order valence-electron chi connectivity index (χ2n) is 2.79. The van der Waals surface area contributed by atoms with Crippen LogP contribution in [0.25, 0.3) is 0 Å². The molecule has 0 amide bonds. The van der Waals surface area contributed by atoms with Crippen LogP contribution >= 0.6 is 11.6 Å². The molecule has 1 rings (SSSR count). The number of sulfonamides is 1. The molecule has 0 saturated heterocycles. The van der Waals surface area contributed by atoms with E-state index in [1.54, 1.807) is 0 Å². The van der Waals surface area contributed by atoms with Gasteiger partial charge in [-0.15, -0.1) is 0 Å². The fraction of sp³-hybridized carbons (Fsp3) is 0.375. The summed E-state index contributed by atoms with van der Waals surface area (Å²) in [4.78, 5) is 3.73. The van der Waals surface area contributed by atoms with Crippen molar-refractivity contribution in [2.75, 3.05) is 13.2 Å². The van der Waals surface area contributed by atoms with Crippen LogP contribution in [0.15, 0.2) is 23.2 Å². The van der Waals surface area contributed by atoms with E-state index in [9.17, 15) is 8.42 Å². The lowest BCUT2D eigenvalue weighted by Gasteiger charge is -2.04. The Morgan fingerprint density at radius 2 is 2.20 bits per heavy atom. The fourth-order valence-corrected chi connectivity index (χ4v) is 2.02. The number of aliphatic hydroxyl groups is 1. The largest absolute Gasteiger partial charge is 0.396 e. The van der Waals surface area contributed by atoms with Crippen molar-refractivity contribution in [3.63, 3.8) is 0 Å². The molecule has 84 valence electrons. The molecule has 5 nitrogen and oxygen atoms in total. The van der Waals surface area contributed by atoms with Gasteiger partial charge in [-0.05, 0) is 18.6 Å². The summed E-state index contributed by atoms with van der Waals surface area (Å²) in [5, 5.41) is 8.75. The number of pyridine rings is 1. The maximum Gasteiger partial charge on any atom is 0.242 e. The quantitative estimate of drug-likeness (QED) is 0.586. The minimum Gasteiger partial charge on any atom is -0.396 e. The molecule has 0 radical (unpaired) electrons. The van der Waals surface area contributed by atoms with Gasteiger partial charge in [-0.2, -0.15) is 0 Å². The summed E-state index contributed by atoms with van der Waals surface area (Å²) in [6.45, 7) is 0.142. The highest BCUT2D eigenvalue weighted by molar-refractivity contribution is 7.89. The lowest BCUT2D eigenvalue weighted by molar-refractivity contribution is 0.289. The molecular weight excluding hydrogens is 240 g/mol. The van der Waals surface area contributed by atoms with Crippen LogP contribution in [0.3, 0.4) is 0 Å². The summed E-state index contributed by atoms with van der Waals surface area (Å²) in [5.74, 6) is 0. The summed E-state index contributed by atoms with van der Waals surface area (Å²) >= 11 is 5.53. The summed E-state index contributed by atoms with van der Waals surface area (Å²) in [7, 11) is -3.53. The zero-order valence-electron chi connectivity index (χ0n) is 7.85. The van der Waals surface area contributed by atoms with E-state index in [2.05, 4.69) is 9.71 Å². The fourth-order valence-electron chi connectivity index (χ4n) is 0.890. The van der Waals surface area contributed by atoms with E-state index >= 15 is 0 Å². The van der Waals surface area contributed by atoms with Gasteiger partial charge in [-0.1, -0.05) is 11.6 Å². The Morgan fingerprint density at radius 3 is 2.73 bits per heavy atom. The number of hydrogen-bond acceptors (Lipinski definition) is 4. The van der Waals surface area contributed by atoms with Crippen molar-refractivity contribution in [2.45, 2.75) is 11.3 Å². The molecule has 1 heterocycles. The third-order valence-electron chi connectivity index (χ3n) is 1.64. The topological polar surface area (TPSA) is 79.3 Å². The molecule has 0 unspecified atom stereocenters. The third-order valence-corrected chi connectivity index (χ3v) is 3.31. The Labute approximate surface area is 93.2 Å². The molecule has 0 bridgehead atoms. The molecule has 0 saturated carbocycles. The first-order valence-corrected chi connectivity index (χ1v) is 6.14. The first-order valence-electron chi connectivity index (χ1n) is 4.28. The standard InChI is InChI=1S/C8H11ClN2O3S/c9-8-3-2-7(6-10-8)15(13,14)11-4-1-5-12/h2-3,6,11-12H,1,4-5H2. The van der Waals surface area contributed by atoms with Gasteiger partial charge in [0, 0.05) is 19.3 Å². The van der Waals surface area contributed by atoms with E-state index in [1.165, 1.54) is 18.3 Å². The van der Waals surface area contributed by atoms with Crippen molar-refractivity contribution in [3.8, 4) is 0 Å². The minimum absolute atomic E-state index is 0.0542. The van der Waals surface area contributed by atoms with Crippen LogP contribution in [-0.2, 0) is 10.0 Å². The summed E-state index contributed by atoms with van der Waals surface area (Å²) in [6, 6.07) is 2.78. The van der Waals surface area contributed by atoms with Gasteiger partial charge in [0.1, 0.15) is 10.0 Å². The van der Waals surface area contributed by atoms with Gasteiger partial charge >= 0.3 is 0 Å². The molecule has 0 atom stereocenters. The van der Waals surface area contributed by atoms with Gasteiger partial charge < -0.3 is 5.11 Å². The lowest BCUT2D eigenvalue weighted by Crippen LogP contribution is -2.25. The maximum absolute atomic E-state index is 11.5. The zero-order chi connectivity index (χ0) is 11.3. The van der Waals surface area contributed by atoms with E-state index in [0.29, 0.717) is 6.42 Å². The Morgan fingerprint density at radius 1 is 1.47 bits per heavy atom. The Kier molecular flexibility index (Phi) is 4.46. The number of nitrogens with one attached hydrogen (secondary N) is 1.